The van der Waals surface area contributed by atoms with E-state index >= 15 is 0 Å². The lowest BCUT2D eigenvalue weighted by Gasteiger charge is -2.06. The summed E-state index contributed by atoms with van der Waals surface area (Å²) >= 11 is 0. The van der Waals surface area contributed by atoms with Gasteiger partial charge < -0.3 is 5.73 Å². The van der Waals surface area contributed by atoms with E-state index in [1.54, 1.807) is 18.6 Å². The van der Waals surface area contributed by atoms with Gasteiger partial charge in [0.2, 0.25) is 0 Å². The van der Waals surface area contributed by atoms with Crippen LogP contribution in [0.3, 0.4) is 0 Å². The summed E-state index contributed by atoms with van der Waals surface area (Å²) in [6.07, 6.45) is 6.02. The molecular weight excluding hydrogens is 186 g/mol. The molecule has 1 aromatic carbocycles. The van der Waals surface area contributed by atoms with Crippen molar-refractivity contribution in [2.24, 2.45) is 5.73 Å². The van der Waals surface area contributed by atoms with Crippen molar-refractivity contribution >= 4 is 0 Å². The molecule has 0 saturated heterocycles. The molecule has 0 saturated carbocycles. The number of nitrogens with zero attached hydrogens (tertiary/aromatic N) is 2. The van der Waals surface area contributed by atoms with Gasteiger partial charge in [0, 0.05) is 18.0 Å². The van der Waals surface area contributed by atoms with Gasteiger partial charge in [-0.05, 0) is 18.5 Å². The summed E-state index contributed by atoms with van der Waals surface area (Å²) in [7, 11) is 0. The van der Waals surface area contributed by atoms with E-state index in [1.807, 2.05) is 12.1 Å². The number of benzene rings is 1. The molecule has 0 radical (unpaired) electrons. The van der Waals surface area contributed by atoms with E-state index in [4.69, 9.17) is 5.73 Å². The van der Waals surface area contributed by atoms with Gasteiger partial charge in [0.1, 0.15) is 0 Å². The molecule has 0 fully saturated rings. The van der Waals surface area contributed by atoms with E-state index in [1.165, 1.54) is 5.56 Å². The van der Waals surface area contributed by atoms with E-state index in [0.717, 1.165) is 17.7 Å². The topological polar surface area (TPSA) is 51.8 Å². The maximum absolute atomic E-state index is 5.57. The zero-order valence-corrected chi connectivity index (χ0v) is 8.43. The van der Waals surface area contributed by atoms with Gasteiger partial charge in [-0.2, -0.15) is 0 Å². The number of aromatic nitrogens is 2. The van der Waals surface area contributed by atoms with E-state index in [2.05, 4.69) is 22.1 Å². The van der Waals surface area contributed by atoms with Crippen molar-refractivity contribution in [2.45, 2.75) is 6.42 Å². The van der Waals surface area contributed by atoms with Crippen molar-refractivity contribution in [1.82, 2.24) is 9.97 Å². The molecule has 0 unspecified atom stereocenters. The fourth-order valence-corrected chi connectivity index (χ4v) is 1.58. The molecule has 0 aliphatic rings. The molecular formula is C12H13N3. The van der Waals surface area contributed by atoms with Crippen LogP contribution in [0.4, 0.5) is 0 Å². The van der Waals surface area contributed by atoms with Gasteiger partial charge in [-0.25, -0.2) is 0 Å². The summed E-state index contributed by atoms with van der Waals surface area (Å²) in [5, 5.41) is 0. The smallest absolute Gasteiger partial charge is 0.0887 e. The molecule has 15 heavy (non-hydrogen) atoms. The first kappa shape index (κ1) is 9.80. The summed E-state index contributed by atoms with van der Waals surface area (Å²) in [5.41, 5.74) is 8.82. The highest BCUT2D eigenvalue weighted by Gasteiger charge is 2.04. The van der Waals surface area contributed by atoms with Crippen molar-refractivity contribution in [3.05, 3.63) is 48.4 Å². The van der Waals surface area contributed by atoms with Crippen molar-refractivity contribution in [3.8, 4) is 11.3 Å². The molecule has 3 nitrogen and oxygen atoms in total. The minimum atomic E-state index is 0.650. The average molecular weight is 199 g/mol. The van der Waals surface area contributed by atoms with Crippen LogP contribution in [0.25, 0.3) is 11.3 Å². The minimum absolute atomic E-state index is 0.650. The maximum Gasteiger partial charge on any atom is 0.0887 e. The number of hydrogen-bond donors (Lipinski definition) is 1. The summed E-state index contributed by atoms with van der Waals surface area (Å²) < 4.78 is 0. The maximum atomic E-state index is 5.57. The van der Waals surface area contributed by atoms with Crippen LogP contribution in [-0.4, -0.2) is 16.5 Å². The third-order valence-corrected chi connectivity index (χ3v) is 2.27. The minimum Gasteiger partial charge on any atom is -0.330 e. The largest absolute Gasteiger partial charge is 0.330 e. The molecule has 2 aromatic rings. The quantitative estimate of drug-likeness (QED) is 0.817. The molecule has 76 valence electrons. The number of rotatable bonds is 3. The number of hydrogen-bond acceptors (Lipinski definition) is 3. The van der Waals surface area contributed by atoms with E-state index in [0.29, 0.717) is 6.54 Å². The fraction of sp³-hybridized carbons (Fsp3) is 0.167. The second kappa shape index (κ2) is 4.66. The van der Waals surface area contributed by atoms with Gasteiger partial charge in [0.05, 0.1) is 11.9 Å². The standard InChI is InChI=1S/C12H13N3/c13-6-5-10-3-1-2-4-11(10)12-9-14-7-8-15-12/h1-4,7-9H,5-6,13H2. The van der Waals surface area contributed by atoms with Gasteiger partial charge in [0.25, 0.3) is 0 Å². The third kappa shape index (κ3) is 2.19. The lowest BCUT2D eigenvalue weighted by atomic mass is 10.0. The fourth-order valence-electron chi connectivity index (χ4n) is 1.58. The van der Waals surface area contributed by atoms with E-state index in [9.17, 15) is 0 Å². The molecule has 2 N–H and O–H groups in total. The highest BCUT2D eigenvalue weighted by Crippen LogP contribution is 2.20. The van der Waals surface area contributed by atoms with E-state index < -0.39 is 0 Å². The Balaban J connectivity index is 2.43. The van der Waals surface area contributed by atoms with Crippen LogP contribution >= 0.6 is 0 Å². The van der Waals surface area contributed by atoms with Crippen molar-refractivity contribution in [3.63, 3.8) is 0 Å². The summed E-state index contributed by atoms with van der Waals surface area (Å²) in [6.45, 7) is 0.650. The predicted octanol–water partition coefficient (Wildman–Crippen LogP) is 1.64. The zero-order valence-electron chi connectivity index (χ0n) is 8.43. The lowest BCUT2D eigenvalue weighted by Crippen LogP contribution is -2.04. The highest BCUT2D eigenvalue weighted by atomic mass is 14.8. The summed E-state index contributed by atoms with van der Waals surface area (Å²) in [6, 6.07) is 8.15. The molecule has 0 bridgehead atoms. The average Bonchev–Trinajstić information content (AvgIpc) is 2.31. The van der Waals surface area contributed by atoms with Gasteiger partial charge in [-0.15, -0.1) is 0 Å². The Morgan fingerprint density at radius 2 is 2.00 bits per heavy atom. The van der Waals surface area contributed by atoms with Crippen LogP contribution in [0, 0.1) is 0 Å². The number of nitrogens with two attached hydrogens (primary N) is 1. The molecule has 1 aromatic heterocycles. The molecule has 2 rings (SSSR count). The normalized spacial score (nSPS) is 10.2. The first-order valence-corrected chi connectivity index (χ1v) is 4.96. The van der Waals surface area contributed by atoms with Gasteiger partial charge in [0.15, 0.2) is 0 Å². The van der Waals surface area contributed by atoms with Crippen LogP contribution in [0.5, 0.6) is 0 Å². The molecule has 0 aliphatic heterocycles. The molecule has 0 spiro atoms. The van der Waals surface area contributed by atoms with Gasteiger partial charge in [-0.3, -0.25) is 9.97 Å². The lowest BCUT2D eigenvalue weighted by molar-refractivity contribution is 0.968. The molecule has 3 heteroatoms. The van der Waals surface area contributed by atoms with Gasteiger partial charge in [-0.1, -0.05) is 24.3 Å². The molecule has 0 aliphatic carbocycles. The van der Waals surface area contributed by atoms with Crippen LogP contribution in [0.15, 0.2) is 42.9 Å². The van der Waals surface area contributed by atoms with Crippen LogP contribution in [-0.2, 0) is 6.42 Å². The van der Waals surface area contributed by atoms with Crippen LogP contribution in [0.2, 0.25) is 0 Å². The molecule has 1 heterocycles. The first-order valence-electron chi connectivity index (χ1n) is 4.96. The highest BCUT2D eigenvalue weighted by molar-refractivity contribution is 5.62. The Hall–Kier alpha value is -1.74. The van der Waals surface area contributed by atoms with Gasteiger partial charge >= 0.3 is 0 Å². The molecule has 0 amide bonds. The Kier molecular flexibility index (Phi) is 3.05. The predicted molar refractivity (Wildman–Crippen MR) is 60.2 cm³/mol. The Morgan fingerprint density at radius 1 is 1.13 bits per heavy atom. The second-order valence-electron chi connectivity index (χ2n) is 3.29. The van der Waals surface area contributed by atoms with Crippen molar-refractivity contribution < 1.29 is 0 Å². The van der Waals surface area contributed by atoms with Crippen LogP contribution < -0.4 is 5.73 Å². The summed E-state index contributed by atoms with van der Waals surface area (Å²) in [5.74, 6) is 0. The van der Waals surface area contributed by atoms with Crippen molar-refractivity contribution in [1.29, 1.82) is 0 Å². The van der Waals surface area contributed by atoms with E-state index in [-0.39, 0.29) is 0 Å². The first-order chi connectivity index (χ1) is 7.42. The Bertz CT molecular complexity index is 426. The monoisotopic (exact) mass is 199 g/mol. The molecule has 0 atom stereocenters. The third-order valence-electron chi connectivity index (χ3n) is 2.27. The van der Waals surface area contributed by atoms with Crippen LogP contribution in [0.1, 0.15) is 5.56 Å². The Labute approximate surface area is 89.0 Å². The second-order valence-corrected chi connectivity index (χ2v) is 3.29. The Morgan fingerprint density at radius 3 is 2.73 bits per heavy atom. The SMILES string of the molecule is NCCc1ccccc1-c1cnccn1. The van der Waals surface area contributed by atoms with Crippen molar-refractivity contribution in [2.75, 3.05) is 6.54 Å². The zero-order chi connectivity index (χ0) is 10.5. The summed E-state index contributed by atoms with van der Waals surface area (Å²) in [4.78, 5) is 8.36.